The average molecular weight is 415 g/mol. The van der Waals surface area contributed by atoms with Crippen LogP contribution in [0.4, 0.5) is 5.69 Å². The topological polar surface area (TPSA) is 136 Å². The Bertz CT molecular complexity index is 857. The minimum Gasteiger partial charge on any atom is -0.451 e. The van der Waals surface area contributed by atoms with E-state index in [1.165, 1.54) is 38.1 Å². The first kappa shape index (κ1) is 21.5. The number of fused-ring (bicyclic) bond motifs is 1. The number of nitrogens with one attached hydrogen (secondary N) is 1. The molecule has 3 rings (SSSR count). The third-order valence-electron chi connectivity index (χ3n) is 5.70. The molecular formula is C21H25N3O6. The maximum absolute atomic E-state index is 12.6. The van der Waals surface area contributed by atoms with Gasteiger partial charge in [-0.15, -0.1) is 0 Å². The second-order valence-electron chi connectivity index (χ2n) is 7.73. The molecule has 2 fully saturated rings. The number of hydrogen-bond donors (Lipinski definition) is 2. The molecule has 1 saturated heterocycles. The maximum atomic E-state index is 12.6. The van der Waals surface area contributed by atoms with Crippen molar-refractivity contribution in [3.63, 3.8) is 0 Å². The van der Waals surface area contributed by atoms with Gasteiger partial charge in [0.1, 0.15) is 6.04 Å². The highest BCUT2D eigenvalue weighted by Crippen LogP contribution is 2.38. The van der Waals surface area contributed by atoms with Crippen molar-refractivity contribution in [2.75, 3.05) is 5.32 Å². The molecule has 3 N–H and O–H groups in total. The second kappa shape index (κ2) is 8.64. The van der Waals surface area contributed by atoms with Crippen molar-refractivity contribution in [2.24, 2.45) is 17.6 Å². The minimum absolute atomic E-state index is 0.293. The van der Waals surface area contributed by atoms with Crippen molar-refractivity contribution in [2.45, 2.75) is 51.7 Å². The monoisotopic (exact) mass is 415 g/mol. The maximum Gasteiger partial charge on any atom is 0.329 e. The van der Waals surface area contributed by atoms with E-state index in [0.717, 1.165) is 17.7 Å². The molecule has 160 valence electrons. The lowest BCUT2D eigenvalue weighted by Crippen LogP contribution is -2.46. The van der Waals surface area contributed by atoms with Gasteiger partial charge in [0.2, 0.25) is 17.7 Å². The largest absolute Gasteiger partial charge is 0.451 e. The van der Waals surface area contributed by atoms with Crippen LogP contribution in [0.25, 0.3) is 0 Å². The molecule has 4 amide bonds. The average Bonchev–Trinajstić information content (AvgIpc) is 2.98. The van der Waals surface area contributed by atoms with E-state index < -0.39 is 29.9 Å². The van der Waals surface area contributed by atoms with Crippen molar-refractivity contribution in [1.82, 2.24) is 4.90 Å². The number of benzene rings is 1. The molecule has 30 heavy (non-hydrogen) atoms. The molecule has 1 heterocycles. The van der Waals surface area contributed by atoms with Crippen LogP contribution in [-0.4, -0.2) is 46.6 Å². The van der Waals surface area contributed by atoms with Crippen LogP contribution >= 0.6 is 0 Å². The highest BCUT2D eigenvalue weighted by molar-refractivity contribution is 6.08. The summed E-state index contributed by atoms with van der Waals surface area (Å²) in [6.07, 6.45) is 1.95. The third kappa shape index (κ3) is 4.19. The first-order valence-electron chi connectivity index (χ1n) is 9.99. The van der Waals surface area contributed by atoms with Gasteiger partial charge in [-0.3, -0.25) is 24.1 Å². The number of anilines is 1. The number of hydrogen-bond acceptors (Lipinski definition) is 6. The van der Waals surface area contributed by atoms with Crippen molar-refractivity contribution in [3.8, 4) is 0 Å². The first-order valence-corrected chi connectivity index (χ1v) is 9.99. The second-order valence-corrected chi connectivity index (χ2v) is 7.73. The van der Waals surface area contributed by atoms with Gasteiger partial charge < -0.3 is 15.8 Å². The molecule has 4 atom stereocenters. The number of amides is 4. The van der Waals surface area contributed by atoms with Gasteiger partial charge >= 0.3 is 5.97 Å². The number of ether oxygens (including phenoxy) is 1. The van der Waals surface area contributed by atoms with Crippen molar-refractivity contribution >= 4 is 35.3 Å². The highest BCUT2D eigenvalue weighted by atomic mass is 16.5. The normalized spacial score (nSPS) is 22.8. The molecule has 0 unspecified atom stereocenters. The summed E-state index contributed by atoms with van der Waals surface area (Å²) in [4.78, 5) is 62.2. The zero-order valence-corrected chi connectivity index (χ0v) is 16.9. The van der Waals surface area contributed by atoms with E-state index in [4.69, 9.17) is 10.5 Å². The Kier molecular flexibility index (Phi) is 6.19. The number of esters is 1. The van der Waals surface area contributed by atoms with E-state index >= 15 is 0 Å². The van der Waals surface area contributed by atoms with Crippen LogP contribution in [0.1, 0.15) is 49.9 Å². The van der Waals surface area contributed by atoms with E-state index in [9.17, 15) is 24.0 Å². The van der Waals surface area contributed by atoms with E-state index in [0.29, 0.717) is 24.1 Å². The first-order chi connectivity index (χ1) is 14.2. The smallest absolute Gasteiger partial charge is 0.329 e. The molecule has 0 bridgehead atoms. The fraction of sp³-hybridized carbons (Fsp3) is 0.476. The number of likely N-dealkylation sites (tertiary alicyclic amines) is 1. The fourth-order valence-corrected chi connectivity index (χ4v) is 3.96. The lowest BCUT2D eigenvalue weighted by molar-refractivity contribution is -0.163. The molecular weight excluding hydrogens is 390 g/mol. The van der Waals surface area contributed by atoms with Crippen molar-refractivity contribution in [3.05, 3.63) is 29.8 Å². The van der Waals surface area contributed by atoms with Gasteiger partial charge in [0, 0.05) is 11.3 Å². The zero-order valence-electron chi connectivity index (χ0n) is 16.9. The van der Waals surface area contributed by atoms with Crippen LogP contribution < -0.4 is 11.1 Å². The molecule has 9 nitrogen and oxygen atoms in total. The molecule has 1 aromatic carbocycles. The number of nitrogens with zero attached hydrogens (tertiary/aromatic N) is 1. The standard InChI is InChI=1S/C21H25N3O6/c1-11(24-19(27)15-5-3-4-6-16(15)20(24)28)21(29)30-12(2)18(26)23-14-9-7-13(8-10-14)17(22)25/h7-12,15-16H,3-6H2,1-2H3,(H2,22,25)(H,23,26)/t11-,12+,15-,16-/m0/s1. The molecule has 0 spiro atoms. The lowest BCUT2D eigenvalue weighted by Gasteiger charge is -2.23. The zero-order chi connectivity index (χ0) is 22.0. The van der Waals surface area contributed by atoms with E-state index in [2.05, 4.69) is 5.32 Å². The third-order valence-corrected chi connectivity index (χ3v) is 5.70. The van der Waals surface area contributed by atoms with Crippen molar-refractivity contribution in [1.29, 1.82) is 0 Å². The quantitative estimate of drug-likeness (QED) is 0.530. The van der Waals surface area contributed by atoms with Crippen LogP contribution in [0.5, 0.6) is 0 Å². The molecule has 2 aliphatic rings. The predicted molar refractivity (Wildman–Crippen MR) is 106 cm³/mol. The Morgan fingerprint density at radius 2 is 1.57 bits per heavy atom. The SMILES string of the molecule is C[C@@H](OC(=O)[C@H](C)N1C(=O)[C@H]2CCCC[C@@H]2C1=O)C(=O)Nc1ccc(C(N)=O)cc1. The van der Waals surface area contributed by atoms with Crippen LogP contribution in [0, 0.1) is 11.8 Å². The Hall–Kier alpha value is -3.23. The molecule has 0 aromatic heterocycles. The number of carbonyl (C=O) groups is 5. The van der Waals surface area contributed by atoms with Crippen molar-refractivity contribution < 1.29 is 28.7 Å². The molecule has 1 aliphatic heterocycles. The summed E-state index contributed by atoms with van der Waals surface area (Å²) in [6, 6.07) is 4.82. The van der Waals surface area contributed by atoms with Crippen LogP contribution in [-0.2, 0) is 23.9 Å². The summed E-state index contributed by atoms with van der Waals surface area (Å²) < 4.78 is 5.20. The van der Waals surface area contributed by atoms with Gasteiger partial charge in [0.15, 0.2) is 6.10 Å². The Morgan fingerprint density at radius 3 is 2.07 bits per heavy atom. The molecule has 9 heteroatoms. The van der Waals surface area contributed by atoms with Gasteiger partial charge in [-0.25, -0.2) is 4.79 Å². The Morgan fingerprint density at radius 1 is 1.03 bits per heavy atom. The van der Waals surface area contributed by atoms with Crippen LogP contribution in [0.3, 0.4) is 0 Å². The predicted octanol–water partition coefficient (Wildman–Crippen LogP) is 1.22. The van der Waals surface area contributed by atoms with Gasteiger partial charge in [0.05, 0.1) is 11.8 Å². The van der Waals surface area contributed by atoms with E-state index in [1.54, 1.807) is 0 Å². The van der Waals surface area contributed by atoms with E-state index in [-0.39, 0.29) is 23.7 Å². The summed E-state index contributed by atoms with van der Waals surface area (Å²) >= 11 is 0. The summed E-state index contributed by atoms with van der Waals surface area (Å²) in [7, 11) is 0. The molecule has 1 saturated carbocycles. The molecule has 1 aliphatic carbocycles. The highest BCUT2D eigenvalue weighted by Gasteiger charge is 2.51. The number of rotatable bonds is 6. The van der Waals surface area contributed by atoms with Gasteiger partial charge in [0.25, 0.3) is 5.91 Å². The molecule has 1 aromatic rings. The molecule has 0 radical (unpaired) electrons. The number of imide groups is 1. The number of nitrogens with two attached hydrogens (primary N) is 1. The minimum atomic E-state index is -1.15. The van der Waals surface area contributed by atoms with Crippen LogP contribution in [0.2, 0.25) is 0 Å². The van der Waals surface area contributed by atoms with Crippen LogP contribution in [0.15, 0.2) is 24.3 Å². The summed E-state index contributed by atoms with van der Waals surface area (Å²) in [5.41, 5.74) is 5.86. The Balaban J connectivity index is 1.59. The lowest BCUT2D eigenvalue weighted by atomic mass is 9.81. The van der Waals surface area contributed by atoms with Gasteiger partial charge in [-0.05, 0) is 51.0 Å². The number of carbonyl (C=O) groups excluding carboxylic acids is 5. The van der Waals surface area contributed by atoms with Gasteiger partial charge in [-0.1, -0.05) is 12.8 Å². The number of primary amides is 1. The fourth-order valence-electron chi connectivity index (χ4n) is 3.96. The summed E-state index contributed by atoms with van der Waals surface area (Å²) in [5.74, 6) is -3.37. The van der Waals surface area contributed by atoms with Gasteiger partial charge in [-0.2, -0.15) is 0 Å². The summed E-state index contributed by atoms with van der Waals surface area (Å²) in [5, 5.41) is 2.56. The van der Waals surface area contributed by atoms with E-state index in [1.807, 2.05) is 0 Å². The Labute approximate surface area is 173 Å². The summed E-state index contributed by atoms with van der Waals surface area (Å²) in [6.45, 7) is 2.83.